The van der Waals surface area contributed by atoms with Crippen LogP contribution in [0.3, 0.4) is 0 Å². The molecule has 6 heteroatoms. The Morgan fingerprint density at radius 1 is 1.08 bits per heavy atom. The predicted molar refractivity (Wildman–Crippen MR) is 94.3 cm³/mol. The van der Waals surface area contributed by atoms with E-state index in [2.05, 4.69) is 20.4 Å². The lowest BCUT2D eigenvalue weighted by atomic mass is 9.89. The Morgan fingerprint density at radius 3 is 2.68 bits per heavy atom. The third kappa shape index (κ3) is 2.95. The standard InChI is InChI=1S/C19H23N5O/c25-19(20-16-4-2-1-3-5-16)18-22-21-17-8-14-10-23(9-13-6-7-13)11-15(14)12-24(17)18/h1-5,13-15H,6-12H2,(H,20,25)/t14-,15+/m0/s1. The highest BCUT2D eigenvalue weighted by atomic mass is 16.2. The molecule has 1 N–H and O–H groups in total. The summed E-state index contributed by atoms with van der Waals surface area (Å²) in [4.78, 5) is 15.2. The highest BCUT2D eigenvalue weighted by molar-refractivity contribution is 6.01. The molecule has 1 saturated heterocycles. The van der Waals surface area contributed by atoms with Crippen molar-refractivity contribution in [1.29, 1.82) is 0 Å². The number of fused-ring (bicyclic) bond motifs is 2. The molecule has 2 aliphatic heterocycles. The van der Waals surface area contributed by atoms with Gasteiger partial charge in [0.15, 0.2) is 0 Å². The van der Waals surface area contributed by atoms with Gasteiger partial charge in [0.2, 0.25) is 5.82 Å². The second-order valence-corrected chi connectivity index (χ2v) is 7.76. The quantitative estimate of drug-likeness (QED) is 0.927. The molecule has 0 unspecified atom stereocenters. The molecular formula is C19H23N5O. The van der Waals surface area contributed by atoms with E-state index in [-0.39, 0.29) is 5.91 Å². The predicted octanol–water partition coefficient (Wildman–Crippen LogP) is 2.04. The fraction of sp³-hybridized carbons (Fsp3) is 0.526. The van der Waals surface area contributed by atoms with Crippen LogP contribution in [0.1, 0.15) is 29.3 Å². The molecule has 1 saturated carbocycles. The number of amides is 1. The smallest absolute Gasteiger partial charge is 0.293 e. The van der Waals surface area contributed by atoms with E-state index in [1.165, 1.54) is 25.9 Å². The average Bonchev–Trinajstić information content (AvgIpc) is 3.19. The Balaban J connectivity index is 1.31. The number of aromatic nitrogens is 3. The number of benzene rings is 1. The number of nitrogens with zero attached hydrogens (tertiary/aromatic N) is 4. The van der Waals surface area contributed by atoms with Crippen LogP contribution in [0.15, 0.2) is 30.3 Å². The third-order valence-electron chi connectivity index (χ3n) is 5.79. The fourth-order valence-electron chi connectivity index (χ4n) is 4.31. The topological polar surface area (TPSA) is 63.1 Å². The zero-order valence-electron chi connectivity index (χ0n) is 14.3. The number of carbonyl (C=O) groups excluding carboxylic acids is 1. The monoisotopic (exact) mass is 337 g/mol. The van der Waals surface area contributed by atoms with Crippen molar-refractivity contribution in [2.24, 2.45) is 17.8 Å². The SMILES string of the molecule is O=C(Nc1ccccc1)c1nnc2n1C[C@H]1CN(CC3CC3)C[C@@H]1C2. The van der Waals surface area contributed by atoms with E-state index < -0.39 is 0 Å². The first-order chi connectivity index (χ1) is 12.3. The Bertz CT molecular complexity index is 782. The van der Waals surface area contributed by atoms with Crippen LogP contribution < -0.4 is 5.32 Å². The van der Waals surface area contributed by atoms with Gasteiger partial charge in [-0.05, 0) is 42.7 Å². The van der Waals surface area contributed by atoms with E-state index >= 15 is 0 Å². The summed E-state index contributed by atoms with van der Waals surface area (Å²) in [5.41, 5.74) is 0.787. The maximum Gasteiger partial charge on any atom is 0.293 e. The van der Waals surface area contributed by atoms with Crippen molar-refractivity contribution >= 4 is 11.6 Å². The molecular weight excluding hydrogens is 314 g/mol. The van der Waals surface area contributed by atoms with Gasteiger partial charge in [-0.25, -0.2) is 0 Å². The minimum atomic E-state index is -0.170. The highest BCUT2D eigenvalue weighted by Crippen LogP contribution is 2.36. The van der Waals surface area contributed by atoms with E-state index in [1.54, 1.807) is 0 Å². The van der Waals surface area contributed by atoms with Gasteiger partial charge >= 0.3 is 0 Å². The number of hydrogen-bond donors (Lipinski definition) is 1. The molecule has 2 fully saturated rings. The Labute approximate surface area is 147 Å². The molecule has 2 atom stereocenters. The van der Waals surface area contributed by atoms with Crippen molar-refractivity contribution in [3.8, 4) is 0 Å². The number of para-hydroxylation sites is 1. The molecule has 1 aliphatic carbocycles. The summed E-state index contributed by atoms with van der Waals surface area (Å²) in [5, 5.41) is 11.4. The van der Waals surface area contributed by atoms with Gasteiger partial charge in [0.05, 0.1) is 0 Å². The fourth-order valence-corrected chi connectivity index (χ4v) is 4.31. The minimum Gasteiger partial charge on any atom is -0.319 e. The number of likely N-dealkylation sites (tertiary alicyclic amines) is 1. The van der Waals surface area contributed by atoms with Crippen molar-refractivity contribution in [2.75, 3.05) is 25.0 Å². The molecule has 5 rings (SSSR count). The molecule has 1 aromatic heterocycles. The summed E-state index contributed by atoms with van der Waals surface area (Å²) in [6.07, 6.45) is 3.75. The first-order valence-electron chi connectivity index (χ1n) is 9.27. The van der Waals surface area contributed by atoms with E-state index in [9.17, 15) is 4.79 Å². The van der Waals surface area contributed by atoms with Crippen LogP contribution in [-0.2, 0) is 13.0 Å². The summed E-state index contributed by atoms with van der Waals surface area (Å²) >= 11 is 0. The second kappa shape index (κ2) is 5.95. The molecule has 6 nitrogen and oxygen atoms in total. The summed E-state index contributed by atoms with van der Waals surface area (Å²) in [6.45, 7) is 4.46. The molecule has 1 amide bonds. The maximum atomic E-state index is 12.6. The summed E-state index contributed by atoms with van der Waals surface area (Å²) in [7, 11) is 0. The zero-order chi connectivity index (χ0) is 16.8. The molecule has 0 radical (unpaired) electrons. The molecule has 1 aromatic carbocycles. The normalized spacial score (nSPS) is 25.4. The van der Waals surface area contributed by atoms with Crippen molar-refractivity contribution in [2.45, 2.75) is 25.8 Å². The van der Waals surface area contributed by atoms with Crippen LogP contribution in [0, 0.1) is 17.8 Å². The van der Waals surface area contributed by atoms with Crippen molar-refractivity contribution in [3.05, 3.63) is 42.0 Å². The van der Waals surface area contributed by atoms with Gasteiger partial charge in [0.1, 0.15) is 5.82 Å². The molecule has 3 heterocycles. The lowest BCUT2D eigenvalue weighted by molar-refractivity contribution is 0.100. The Hall–Kier alpha value is -2.21. The molecule has 0 bridgehead atoms. The van der Waals surface area contributed by atoms with Crippen LogP contribution in [0.25, 0.3) is 0 Å². The molecule has 0 spiro atoms. The van der Waals surface area contributed by atoms with Gasteiger partial charge in [0.25, 0.3) is 5.91 Å². The average molecular weight is 337 g/mol. The van der Waals surface area contributed by atoms with E-state index in [0.29, 0.717) is 17.7 Å². The first-order valence-corrected chi connectivity index (χ1v) is 9.27. The van der Waals surface area contributed by atoms with Gasteiger partial charge in [-0.2, -0.15) is 0 Å². The molecule has 130 valence electrons. The molecule has 3 aliphatic rings. The number of hydrogen-bond acceptors (Lipinski definition) is 4. The van der Waals surface area contributed by atoms with Crippen LogP contribution in [-0.4, -0.2) is 45.2 Å². The summed E-state index contributed by atoms with van der Waals surface area (Å²) < 4.78 is 2.04. The number of anilines is 1. The molecule has 2 aromatic rings. The zero-order valence-corrected chi connectivity index (χ0v) is 14.3. The third-order valence-corrected chi connectivity index (χ3v) is 5.79. The first kappa shape index (κ1) is 15.1. The van der Waals surface area contributed by atoms with Crippen LogP contribution >= 0.6 is 0 Å². The number of carbonyl (C=O) groups is 1. The summed E-state index contributed by atoms with van der Waals surface area (Å²) in [5.74, 6) is 3.46. The molecule has 25 heavy (non-hydrogen) atoms. The Kier molecular flexibility index (Phi) is 3.59. The van der Waals surface area contributed by atoms with Gasteiger partial charge in [-0.3, -0.25) is 4.79 Å². The van der Waals surface area contributed by atoms with Gasteiger partial charge < -0.3 is 14.8 Å². The van der Waals surface area contributed by atoms with E-state index in [0.717, 1.165) is 36.9 Å². The lowest BCUT2D eigenvalue weighted by Gasteiger charge is -2.25. The lowest BCUT2D eigenvalue weighted by Crippen LogP contribution is -2.31. The number of rotatable bonds is 4. The van der Waals surface area contributed by atoms with Gasteiger partial charge in [-0.1, -0.05) is 18.2 Å². The van der Waals surface area contributed by atoms with Crippen molar-refractivity contribution < 1.29 is 4.79 Å². The van der Waals surface area contributed by atoms with Gasteiger partial charge in [0, 0.05) is 38.3 Å². The summed E-state index contributed by atoms with van der Waals surface area (Å²) in [6, 6.07) is 9.52. The number of nitrogens with one attached hydrogen (secondary N) is 1. The largest absolute Gasteiger partial charge is 0.319 e. The Morgan fingerprint density at radius 2 is 1.88 bits per heavy atom. The van der Waals surface area contributed by atoms with Crippen molar-refractivity contribution in [1.82, 2.24) is 19.7 Å². The second-order valence-electron chi connectivity index (χ2n) is 7.76. The maximum absolute atomic E-state index is 12.6. The van der Waals surface area contributed by atoms with Crippen LogP contribution in [0.5, 0.6) is 0 Å². The van der Waals surface area contributed by atoms with Crippen LogP contribution in [0.2, 0.25) is 0 Å². The van der Waals surface area contributed by atoms with Crippen molar-refractivity contribution in [3.63, 3.8) is 0 Å². The van der Waals surface area contributed by atoms with E-state index in [1.807, 2.05) is 34.9 Å². The van der Waals surface area contributed by atoms with Crippen LogP contribution in [0.4, 0.5) is 5.69 Å². The highest BCUT2D eigenvalue weighted by Gasteiger charge is 2.40. The van der Waals surface area contributed by atoms with E-state index in [4.69, 9.17) is 0 Å². The van der Waals surface area contributed by atoms with Gasteiger partial charge in [-0.15, -0.1) is 10.2 Å². The minimum absolute atomic E-state index is 0.170.